The van der Waals surface area contributed by atoms with Gasteiger partial charge in [-0.25, -0.2) is 18.1 Å². The molecule has 2 aromatic heterocycles. The summed E-state index contributed by atoms with van der Waals surface area (Å²) in [4.78, 5) is 12.3. The van der Waals surface area contributed by atoms with Crippen molar-refractivity contribution < 1.29 is 13.2 Å². The average Bonchev–Trinajstić information content (AvgIpc) is 3.53. The van der Waals surface area contributed by atoms with Crippen molar-refractivity contribution in [3.8, 4) is 11.6 Å². The van der Waals surface area contributed by atoms with Crippen molar-refractivity contribution in [3.63, 3.8) is 0 Å². The van der Waals surface area contributed by atoms with Crippen LogP contribution in [-0.4, -0.2) is 69.7 Å². The summed E-state index contributed by atoms with van der Waals surface area (Å²) in [6, 6.07) is 16.6. The molecule has 3 heterocycles. The van der Waals surface area contributed by atoms with Crippen molar-refractivity contribution in [2.24, 2.45) is 0 Å². The number of aromatic nitrogens is 4. The van der Waals surface area contributed by atoms with Crippen LogP contribution in [0.2, 0.25) is 0 Å². The maximum atomic E-state index is 13.4. The number of nitrogens with zero attached hydrogens (tertiary/aromatic N) is 6. The molecule has 2 aromatic carbocycles. The van der Waals surface area contributed by atoms with Gasteiger partial charge in [0.15, 0.2) is 0 Å². The van der Waals surface area contributed by atoms with Gasteiger partial charge in [0, 0.05) is 38.6 Å². The Morgan fingerprint density at radius 1 is 0.897 bits per heavy atom. The lowest BCUT2D eigenvalue weighted by molar-refractivity contribution is 0.135. The van der Waals surface area contributed by atoms with Crippen LogP contribution < -0.4 is 4.74 Å². The number of fused-ring (bicyclic) bond motifs is 1. The normalized spacial score (nSPS) is 18.8. The van der Waals surface area contributed by atoms with Crippen LogP contribution in [0.3, 0.4) is 0 Å². The highest BCUT2D eigenvalue weighted by Gasteiger charge is 2.31. The van der Waals surface area contributed by atoms with Crippen LogP contribution >= 0.6 is 0 Å². The zero-order chi connectivity index (χ0) is 26.8. The van der Waals surface area contributed by atoms with Gasteiger partial charge in [-0.2, -0.15) is 14.4 Å². The molecular weight excluding hydrogens is 512 g/mol. The Hall–Kier alpha value is -3.34. The number of rotatable bonds is 7. The van der Waals surface area contributed by atoms with Crippen LogP contribution in [0.1, 0.15) is 50.9 Å². The highest BCUT2D eigenvalue weighted by atomic mass is 32.2. The first kappa shape index (κ1) is 25.9. The summed E-state index contributed by atoms with van der Waals surface area (Å²) in [5, 5.41) is 5.14. The Morgan fingerprint density at radius 3 is 2.36 bits per heavy atom. The molecule has 39 heavy (non-hydrogen) atoms. The van der Waals surface area contributed by atoms with Crippen LogP contribution in [0.15, 0.2) is 71.9 Å². The number of sulfonamides is 1. The molecule has 1 aliphatic carbocycles. The van der Waals surface area contributed by atoms with Crippen molar-refractivity contribution in [2.75, 3.05) is 26.2 Å². The van der Waals surface area contributed by atoms with Gasteiger partial charge >= 0.3 is 0 Å². The number of hydrogen-bond donors (Lipinski definition) is 0. The summed E-state index contributed by atoms with van der Waals surface area (Å²) in [7, 11) is -3.59. The minimum absolute atomic E-state index is 0.0680. The second-order valence-corrected chi connectivity index (χ2v) is 12.3. The molecule has 0 radical (unpaired) electrons. The van der Waals surface area contributed by atoms with Crippen LogP contribution in [0.5, 0.6) is 5.88 Å². The van der Waals surface area contributed by atoms with E-state index in [1.54, 1.807) is 39.4 Å². The SMILES string of the molecule is C[C@@H](c1nc(OC2CCCCC2)c2ccccc2n1)N1CCN(S(=O)(=O)c2ccc(-n3cccn3)cc2)CC1. The third-order valence-corrected chi connectivity index (χ3v) is 9.77. The van der Waals surface area contributed by atoms with Crippen molar-refractivity contribution in [1.29, 1.82) is 0 Å². The van der Waals surface area contributed by atoms with E-state index in [1.807, 2.05) is 36.5 Å². The molecule has 1 saturated carbocycles. The molecule has 0 amide bonds. The summed E-state index contributed by atoms with van der Waals surface area (Å²) in [6.07, 6.45) is 9.49. The van der Waals surface area contributed by atoms with E-state index in [0.29, 0.717) is 42.8 Å². The van der Waals surface area contributed by atoms with Gasteiger partial charge in [0.05, 0.1) is 27.5 Å². The number of hydrogen-bond acceptors (Lipinski definition) is 7. The number of benzene rings is 2. The van der Waals surface area contributed by atoms with Crippen LogP contribution in [0.25, 0.3) is 16.6 Å². The largest absolute Gasteiger partial charge is 0.474 e. The first-order valence-corrected chi connectivity index (χ1v) is 15.2. The summed E-state index contributed by atoms with van der Waals surface area (Å²) in [6.45, 7) is 4.10. The van der Waals surface area contributed by atoms with Gasteiger partial charge in [-0.3, -0.25) is 4.90 Å². The third-order valence-electron chi connectivity index (χ3n) is 7.85. The number of para-hydroxylation sites is 1. The van der Waals surface area contributed by atoms with Crippen LogP contribution in [-0.2, 0) is 10.0 Å². The Morgan fingerprint density at radius 2 is 1.64 bits per heavy atom. The molecule has 204 valence electrons. The fourth-order valence-corrected chi connectivity index (χ4v) is 6.94. The lowest BCUT2D eigenvalue weighted by Crippen LogP contribution is -2.49. The van der Waals surface area contributed by atoms with Gasteiger partial charge in [0.1, 0.15) is 11.9 Å². The maximum absolute atomic E-state index is 13.4. The fourth-order valence-electron chi connectivity index (χ4n) is 5.52. The van der Waals surface area contributed by atoms with E-state index in [-0.39, 0.29) is 12.1 Å². The van der Waals surface area contributed by atoms with E-state index in [4.69, 9.17) is 14.7 Å². The first-order chi connectivity index (χ1) is 19.0. The molecule has 1 atom stereocenters. The lowest BCUT2D eigenvalue weighted by atomic mass is 9.98. The molecule has 0 spiro atoms. The first-order valence-electron chi connectivity index (χ1n) is 13.8. The smallest absolute Gasteiger partial charge is 0.243 e. The predicted octanol–water partition coefficient (Wildman–Crippen LogP) is 4.59. The average molecular weight is 547 g/mol. The van der Waals surface area contributed by atoms with Crippen molar-refractivity contribution >= 4 is 20.9 Å². The molecule has 1 saturated heterocycles. The predicted molar refractivity (Wildman–Crippen MR) is 149 cm³/mol. The molecule has 0 bridgehead atoms. The molecule has 0 unspecified atom stereocenters. The molecule has 1 aliphatic heterocycles. The second-order valence-electron chi connectivity index (χ2n) is 10.3. The van der Waals surface area contributed by atoms with E-state index in [0.717, 1.165) is 29.4 Å². The Labute approximate surface area is 229 Å². The van der Waals surface area contributed by atoms with Crippen molar-refractivity contribution in [3.05, 3.63) is 72.8 Å². The Bertz CT molecular complexity index is 1510. The van der Waals surface area contributed by atoms with E-state index in [2.05, 4.69) is 16.9 Å². The third kappa shape index (κ3) is 5.41. The quantitative estimate of drug-likeness (QED) is 0.335. The lowest BCUT2D eigenvalue weighted by Gasteiger charge is -2.37. The molecule has 2 fully saturated rings. The van der Waals surface area contributed by atoms with E-state index in [1.165, 1.54) is 19.3 Å². The second kappa shape index (κ2) is 11.0. The number of ether oxygens (including phenoxy) is 1. The van der Waals surface area contributed by atoms with Crippen molar-refractivity contribution in [1.82, 2.24) is 29.0 Å². The van der Waals surface area contributed by atoms with Gasteiger partial charge < -0.3 is 4.74 Å². The highest BCUT2D eigenvalue weighted by Crippen LogP contribution is 2.30. The van der Waals surface area contributed by atoms with Gasteiger partial charge in [0.25, 0.3) is 0 Å². The summed E-state index contributed by atoms with van der Waals surface area (Å²) in [5.41, 5.74) is 1.69. The standard InChI is InChI=1S/C29H34N6O3S/c1-22(28-31-27-11-6-5-10-26(27)29(32-28)38-24-8-3-2-4-9-24)33-18-20-34(21-19-33)39(36,37)25-14-12-23(13-15-25)35-17-7-16-30-35/h5-7,10-17,22,24H,2-4,8-9,18-21H2,1H3/t22-/m0/s1. The van der Waals surface area contributed by atoms with Gasteiger partial charge in [0.2, 0.25) is 15.9 Å². The maximum Gasteiger partial charge on any atom is 0.243 e. The molecular formula is C29H34N6O3S. The minimum atomic E-state index is -3.59. The van der Waals surface area contributed by atoms with Crippen LogP contribution in [0.4, 0.5) is 0 Å². The minimum Gasteiger partial charge on any atom is -0.474 e. The van der Waals surface area contributed by atoms with E-state index in [9.17, 15) is 8.42 Å². The van der Waals surface area contributed by atoms with Crippen molar-refractivity contribution in [2.45, 2.75) is 56.1 Å². The fraction of sp³-hybridized carbons (Fsp3) is 0.414. The summed E-state index contributed by atoms with van der Waals surface area (Å²) >= 11 is 0. The molecule has 4 aromatic rings. The molecule has 6 rings (SSSR count). The Balaban J connectivity index is 1.15. The molecule has 0 N–H and O–H groups in total. The van der Waals surface area contributed by atoms with Gasteiger partial charge in [-0.15, -0.1) is 0 Å². The zero-order valence-electron chi connectivity index (χ0n) is 22.2. The summed E-state index contributed by atoms with van der Waals surface area (Å²) in [5.74, 6) is 1.37. The molecule has 2 aliphatic rings. The van der Waals surface area contributed by atoms with E-state index < -0.39 is 10.0 Å². The Kier molecular flexibility index (Phi) is 7.33. The monoisotopic (exact) mass is 546 g/mol. The topological polar surface area (TPSA) is 93.5 Å². The molecule has 9 nitrogen and oxygen atoms in total. The van der Waals surface area contributed by atoms with Crippen LogP contribution in [0, 0.1) is 0 Å². The zero-order valence-corrected chi connectivity index (χ0v) is 23.0. The van der Waals surface area contributed by atoms with Gasteiger partial charge in [-0.05, 0) is 75.1 Å². The number of piperazine rings is 1. The summed E-state index contributed by atoms with van der Waals surface area (Å²) < 4.78 is 36.4. The highest BCUT2D eigenvalue weighted by molar-refractivity contribution is 7.89. The van der Waals surface area contributed by atoms with E-state index >= 15 is 0 Å². The van der Waals surface area contributed by atoms with Gasteiger partial charge in [-0.1, -0.05) is 18.6 Å². The molecule has 10 heteroatoms.